The molecule has 1 aromatic rings. The van der Waals surface area contributed by atoms with Crippen molar-refractivity contribution in [1.29, 1.82) is 0 Å². The highest BCUT2D eigenvalue weighted by Gasteiger charge is 2.06. The van der Waals surface area contributed by atoms with Gasteiger partial charge in [0.25, 0.3) is 0 Å². The molecule has 0 aliphatic heterocycles. The van der Waals surface area contributed by atoms with Crippen LogP contribution >= 0.6 is 11.6 Å². The first-order chi connectivity index (χ1) is 7.79. The number of hydrogen-bond donors (Lipinski definition) is 2. The molecule has 0 saturated heterocycles. The van der Waals surface area contributed by atoms with Crippen LogP contribution in [0, 0.1) is 13.8 Å². The van der Waals surface area contributed by atoms with Crippen molar-refractivity contribution in [3.63, 3.8) is 0 Å². The number of nitrogens with one attached hydrogen (secondary N) is 2. The number of rotatable bonds is 5. The normalized spacial score (nSPS) is 11.5. The fraction of sp³-hybridized carbons (Fsp3) is 0.556. The molecular formula is C9H15ClN4O2S. The molecule has 0 aliphatic rings. The monoisotopic (exact) mass is 278 g/mol. The van der Waals surface area contributed by atoms with Crippen LogP contribution in [0.5, 0.6) is 0 Å². The highest BCUT2D eigenvalue weighted by molar-refractivity contribution is 7.88. The van der Waals surface area contributed by atoms with Gasteiger partial charge >= 0.3 is 0 Å². The number of anilines is 1. The lowest BCUT2D eigenvalue weighted by atomic mass is 10.3. The summed E-state index contributed by atoms with van der Waals surface area (Å²) in [6, 6.07) is 0. The summed E-state index contributed by atoms with van der Waals surface area (Å²) >= 11 is 5.90. The first-order valence-electron chi connectivity index (χ1n) is 4.99. The molecule has 6 nitrogen and oxygen atoms in total. The Morgan fingerprint density at radius 1 is 1.24 bits per heavy atom. The maximum Gasteiger partial charge on any atom is 0.208 e. The second kappa shape index (κ2) is 5.61. The lowest BCUT2D eigenvalue weighted by molar-refractivity contribution is 0.589. The van der Waals surface area contributed by atoms with Gasteiger partial charge in [0.05, 0.1) is 6.26 Å². The molecule has 0 fully saturated rings. The predicted octanol–water partition coefficient (Wildman–Crippen LogP) is 0.708. The standard InChI is InChI=1S/C9H15ClN4O2S/c1-6-8(10)13-7(2)14-9(6)11-4-5-12-17(3,15)16/h12H,4-5H2,1-3H3,(H,11,13,14). The van der Waals surface area contributed by atoms with E-state index in [-0.39, 0.29) is 0 Å². The van der Waals surface area contributed by atoms with Gasteiger partial charge in [0.15, 0.2) is 0 Å². The van der Waals surface area contributed by atoms with E-state index in [0.29, 0.717) is 29.9 Å². The molecular weight excluding hydrogens is 264 g/mol. The van der Waals surface area contributed by atoms with Gasteiger partial charge in [0.1, 0.15) is 16.8 Å². The van der Waals surface area contributed by atoms with E-state index in [0.717, 1.165) is 11.8 Å². The first-order valence-corrected chi connectivity index (χ1v) is 7.26. The third kappa shape index (κ3) is 4.84. The lowest BCUT2D eigenvalue weighted by Crippen LogP contribution is -2.28. The lowest BCUT2D eigenvalue weighted by Gasteiger charge is -2.10. The molecule has 2 N–H and O–H groups in total. The van der Waals surface area contributed by atoms with E-state index in [1.807, 2.05) is 0 Å². The molecule has 0 spiro atoms. The fourth-order valence-electron chi connectivity index (χ4n) is 1.18. The van der Waals surface area contributed by atoms with Gasteiger partial charge in [-0.25, -0.2) is 23.1 Å². The van der Waals surface area contributed by atoms with Crippen molar-refractivity contribution in [3.05, 3.63) is 16.5 Å². The van der Waals surface area contributed by atoms with E-state index in [1.165, 1.54) is 0 Å². The first kappa shape index (κ1) is 14.1. The number of aromatic nitrogens is 2. The Kier molecular flexibility index (Phi) is 4.67. The second-order valence-corrected chi connectivity index (χ2v) is 5.82. The van der Waals surface area contributed by atoms with Crippen molar-refractivity contribution >= 4 is 27.4 Å². The third-order valence-electron chi connectivity index (χ3n) is 1.98. The molecule has 96 valence electrons. The van der Waals surface area contributed by atoms with Crippen molar-refractivity contribution in [3.8, 4) is 0 Å². The van der Waals surface area contributed by atoms with Gasteiger partial charge in [-0.05, 0) is 13.8 Å². The van der Waals surface area contributed by atoms with Gasteiger partial charge in [-0.15, -0.1) is 0 Å². The number of aryl methyl sites for hydroxylation is 1. The van der Waals surface area contributed by atoms with Crippen LogP contribution in [0.3, 0.4) is 0 Å². The minimum atomic E-state index is -3.15. The molecule has 0 bridgehead atoms. The van der Waals surface area contributed by atoms with Crippen LogP contribution in [0.1, 0.15) is 11.4 Å². The molecule has 1 rings (SSSR count). The van der Waals surface area contributed by atoms with Crippen molar-refractivity contribution in [1.82, 2.24) is 14.7 Å². The number of halogens is 1. The molecule has 17 heavy (non-hydrogen) atoms. The average molecular weight is 279 g/mol. The van der Waals surface area contributed by atoms with Gasteiger partial charge in [-0.2, -0.15) is 0 Å². The number of sulfonamides is 1. The van der Waals surface area contributed by atoms with E-state index in [2.05, 4.69) is 20.0 Å². The van der Waals surface area contributed by atoms with Crippen molar-refractivity contribution in [2.45, 2.75) is 13.8 Å². The molecule has 0 radical (unpaired) electrons. The van der Waals surface area contributed by atoms with Crippen LogP contribution in [-0.2, 0) is 10.0 Å². The van der Waals surface area contributed by atoms with Crippen LogP contribution < -0.4 is 10.0 Å². The van der Waals surface area contributed by atoms with Gasteiger partial charge in [-0.3, -0.25) is 0 Å². The van der Waals surface area contributed by atoms with Crippen LogP contribution in [0.2, 0.25) is 5.15 Å². The topological polar surface area (TPSA) is 84.0 Å². The van der Waals surface area contributed by atoms with Crippen LogP contribution in [0.4, 0.5) is 5.82 Å². The Labute approximate surface area is 106 Å². The highest BCUT2D eigenvalue weighted by Crippen LogP contribution is 2.18. The molecule has 0 aliphatic carbocycles. The molecule has 0 atom stereocenters. The van der Waals surface area contributed by atoms with E-state index < -0.39 is 10.0 Å². The second-order valence-electron chi connectivity index (χ2n) is 3.63. The number of nitrogens with zero attached hydrogens (tertiary/aromatic N) is 2. The highest BCUT2D eigenvalue weighted by atomic mass is 35.5. The largest absolute Gasteiger partial charge is 0.368 e. The Bertz CT molecular complexity index is 504. The summed E-state index contributed by atoms with van der Waals surface area (Å²) in [6.07, 6.45) is 1.12. The summed E-state index contributed by atoms with van der Waals surface area (Å²) in [4.78, 5) is 8.19. The summed E-state index contributed by atoms with van der Waals surface area (Å²) in [5.74, 6) is 1.19. The summed E-state index contributed by atoms with van der Waals surface area (Å²) in [6.45, 7) is 4.26. The minimum Gasteiger partial charge on any atom is -0.368 e. The van der Waals surface area contributed by atoms with E-state index in [9.17, 15) is 8.42 Å². The van der Waals surface area contributed by atoms with Gasteiger partial charge in [0.2, 0.25) is 10.0 Å². The van der Waals surface area contributed by atoms with Crippen molar-refractivity contribution in [2.24, 2.45) is 0 Å². The number of hydrogen-bond acceptors (Lipinski definition) is 5. The van der Waals surface area contributed by atoms with Gasteiger partial charge in [-0.1, -0.05) is 11.6 Å². The maximum absolute atomic E-state index is 10.8. The van der Waals surface area contributed by atoms with Crippen molar-refractivity contribution in [2.75, 3.05) is 24.7 Å². The molecule has 8 heteroatoms. The maximum atomic E-state index is 10.8. The Morgan fingerprint density at radius 2 is 1.88 bits per heavy atom. The predicted molar refractivity (Wildman–Crippen MR) is 67.9 cm³/mol. The quantitative estimate of drug-likeness (QED) is 0.612. The molecule has 0 unspecified atom stereocenters. The van der Waals surface area contributed by atoms with Gasteiger partial charge in [0, 0.05) is 18.7 Å². The summed E-state index contributed by atoms with van der Waals surface area (Å²) < 4.78 is 24.0. The smallest absolute Gasteiger partial charge is 0.208 e. The summed E-state index contributed by atoms with van der Waals surface area (Å²) in [5, 5.41) is 3.40. The van der Waals surface area contributed by atoms with Crippen LogP contribution in [-0.4, -0.2) is 37.7 Å². The summed E-state index contributed by atoms with van der Waals surface area (Å²) in [7, 11) is -3.15. The van der Waals surface area contributed by atoms with E-state index >= 15 is 0 Å². The zero-order chi connectivity index (χ0) is 13.1. The Balaban J connectivity index is 2.58. The SMILES string of the molecule is Cc1nc(Cl)c(C)c(NCCNS(C)(=O)=O)n1. The van der Waals surface area contributed by atoms with E-state index in [1.54, 1.807) is 13.8 Å². The zero-order valence-electron chi connectivity index (χ0n) is 9.91. The Hall–Kier alpha value is -0.920. The molecule has 0 aromatic carbocycles. The summed E-state index contributed by atoms with van der Waals surface area (Å²) in [5.41, 5.74) is 0.747. The van der Waals surface area contributed by atoms with Crippen LogP contribution in [0.15, 0.2) is 0 Å². The van der Waals surface area contributed by atoms with Crippen LogP contribution in [0.25, 0.3) is 0 Å². The van der Waals surface area contributed by atoms with Crippen molar-refractivity contribution < 1.29 is 8.42 Å². The molecule has 1 heterocycles. The fourth-order valence-corrected chi connectivity index (χ4v) is 1.87. The average Bonchev–Trinajstić information content (AvgIpc) is 2.18. The van der Waals surface area contributed by atoms with E-state index in [4.69, 9.17) is 11.6 Å². The molecule has 0 saturated carbocycles. The third-order valence-corrected chi connectivity index (χ3v) is 3.08. The molecule has 0 amide bonds. The molecule has 1 aromatic heterocycles. The Morgan fingerprint density at radius 3 is 2.47 bits per heavy atom. The van der Waals surface area contributed by atoms with Gasteiger partial charge < -0.3 is 5.32 Å². The minimum absolute atomic E-state index is 0.291. The zero-order valence-corrected chi connectivity index (χ0v) is 11.5.